The molecule has 0 amide bonds. The van der Waals surface area contributed by atoms with E-state index in [1.807, 2.05) is 0 Å². The molecule has 19 heavy (non-hydrogen) atoms. The van der Waals surface area contributed by atoms with E-state index in [9.17, 15) is 18.0 Å². The second kappa shape index (κ2) is 5.05. The SMILES string of the molecule is Cc1nn(-c2ccc(F)cc2)c(Cl)c1C(=O)C(F)F. The van der Waals surface area contributed by atoms with Gasteiger partial charge in [0.25, 0.3) is 0 Å². The summed E-state index contributed by atoms with van der Waals surface area (Å²) < 4.78 is 38.8. The highest BCUT2D eigenvalue weighted by Gasteiger charge is 2.27. The molecule has 1 heterocycles. The molecule has 0 radical (unpaired) electrons. The third-order valence-corrected chi connectivity index (χ3v) is 2.87. The summed E-state index contributed by atoms with van der Waals surface area (Å²) >= 11 is 5.90. The first-order chi connectivity index (χ1) is 8.91. The summed E-state index contributed by atoms with van der Waals surface area (Å²) in [6.07, 6.45) is -3.15. The fourth-order valence-electron chi connectivity index (χ4n) is 1.64. The number of aromatic nitrogens is 2. The minimum Gasteiger partial charge on any atom is -0.288 e. The zero-order valence-electron chi connectivity index (χ0n) is 9.70. The Hall–Kier alpha value is -1.82. The Morgan fingerprint density at radius 2 is 1.89 bits per heavy atom. The van der Waals surface area contributed by atoms with Gasteiger partial charge in [0.1, 0.15) is 11.0 Å². The number of hydrogen-bond acceptors (Lipinski definition) is 2. The highest BCUT2D eigenvalue weighted by atomic mass is 35.5. The predicted octanol–water partition coefficient (Wildman–Crippen LogP) is 3.42. The summed E-state index contributed by atoms with van der Waals surface area (Å²) in [6.45, 7) is 1.40. The van der Waals surface area contributed by atoms with E-state index in [4.69, 9.17) is 11.6 Å². The average Bonchev–Trinajstić information content (AvgIpc) is 2.65. The van der Waals surface area contributed by atoms with Crippen LogP contribution in [-0.2, 0) is 0 Å². The molecule has 0 saturated carbocycles. The second-order valence-electron chi connectivity index (χ2n) is 3.80. The van der Waals surface area contributed by atoms with Crippen molar-refractivity contribution in [3.63, 3.8) is 0 Å². The van der Waals surface area contributed by atoms with E-state index in [2.05, 4.69) is 5.10 Å². The van der Waals surface area contributed by atoms with E-state index < -0.39 is 18.0 Å². The number of alkyl halides is 2. The summed E-state index contributed by atoms with van der Waals surface area (Å²) in [7, 11) is 0. The first kappa shape index (κ1) is 13.6. The van der Waals surface area contributed by atoms with Crippen molar-refractivity contribution in [2.24, 2.45) is 0 Å². The molecule has 0 saturated heterocycles. The van der Waals surface area contributed by atoms with Gasteiger partial charge in [-0.05, 0) is 31.2 Å². The van der Waals surface area contributed by atoms with Gasteiger partial charge in [-0.2, -0.15) is 5.10 Å². The van der Waals surface area contributed by atoms with E-state index in [-0.39, 0.29) is 16.4 Å². The number of carbonyl (C=O) groups is 1. The second-order valence-corrected chi connectivity index (χ2v) is 4.16. The topological polar surface area (TPSA) is 34.9 Å². The number of rotatable bonds is 3. The van der Waals surface area contributed by atoms with Crippen LogP contribution in [0.25, 0.3) is 5.69 Å². The number of ketones is 1. The highest BCUT2D eigenvalue weighted by molar-refractivity contribution is 6.33. The molecule has 2 aromatic rings. The zero-order chi connectivity index (χ0) is 14.2. The van der Waals surface area contributed by atoms with E-state index in [1.54, 1.807) is 0 Å². The molecule has 1 aromatic heterocycles. The summed E-state index contributed by atoms with van der Waals surface area (Å²) in [4.78, 5) is 11.3. The number of nitrogens with zero attached hydrogens (tertiary/aromatic N) is 2. The Balaban J connectivity index is 2.53. The number of aryl methyl sites for hydroxylation is 1. The van der Waals surface area contributed by atoms with Gasteiger partial charge in [0.15, 0.2) is 0 Å². The normalized spacial score (nSPS) is 11.1. The van der Waals surface area contributed by atoms with E-state index in [1.165, 1.54) is 31.2 Å². The molecule has 3 nitrogen and oxygen atoms in total. The van der Waals surface area contributed by atoms with E-state index >= 15 is 0 Å². The first-order valence-electron chi connectivity index (χ1n) is 5.25. The zero-order valence-corrected chi connectivity index (χ0v) is 10.5. The monoisotopic (exact) mass is 288 g/mol. The lowest BCUT2D eigenvalue weighted by Crippen LogP contribution is -2.11. The van der Waals surface area contributed by atoms with Crippen LogP contribution in [0.3, 0.4) is 0 Å². The Morgan fingerprint density at radius 1 is 1.32 bits per heavy atom. The van der Waals surface area contributed by atoms with E-state index in [0.717, 1.165) is 4.68 Å². The maximum atomic E-state index is 12.8. The molecule has 0 aliphatic rings. The van der Waals surface area contributed by atoms with Crippen molar-refractivity contribution in [2.75, 3.05) is 0 Å². The molecular formula is C12H8ClF3N2O. The molecule has 100 valence electrons. The lowest BCUT2D eigenvalue weighted by atomic mass is 10.2. The Labute approximate surface area is 111 Å². The molecule has 2 rings (SSSR count). The molecule has 0 bridgehead atoms. The van der Waals surface area contributed by atoms with Crippen LogP contribution in [0, 0.1) is 12.7 Å². The third kappa shape index (κ3) is 2.49. The number of Topliss-reactive ketones (excluding diaryl/α,β-unsaturated/α-hetero) is 1. The van der Waals surface area contributed by atoms with Crippen molar-refractivity contribution in [3.05, 3.63) is 46.5 Å². The van der Waals surface area contributed by atoms with Crippen LogP contribution < -0.4 is 0 Å². The minimum atomic E-state index is -3.15. The molecule has 0 atom stereocenters. The maximum Gasteiger partial charge on any atom is 0.300 e. The Kier molecular flexibility index (Phi) is 3.61. The first-order valence-corrected chi connectivity index (χ1v) is 5.63. The molecule has 0 fully saturated rings. The summed E-state index contributed by atoms with van der Waals surface area (Å²) in [5, 5.41) is 3.71. The van der Waals surface area contributed by atoms with Crippen LogP contribution in [0.15, 0.2) is 24.3 Å². The van der Waals surface area contributed by atoms with Gasteiger partial charge in [-0.3, -0.25) is 4.79 Å². The van der Waals surface area contributed by atoms with Crippen LogP contribution in [0.4, 0.5) is 13.2 Å². The van der Waals surface area contributed by atoms with Crippen molar-refractivity contribution >= 4 is 17.4 Å². The Morgan fingerprint density at radius 3 is 2.42 bits per heavy atom. The van der Waals surface area contributed by atoms with Crippen molar-refractivity contribution in [3.8, 4) is 5.69 Å². The Bertz CT molecular complexity index is 623. The average molecular weight is 289 g/mol. The van der Waals surface area contributed by atoms with Gasteiger partial charge in [-0.25, -0.2) is 17.9 Å². The van der Waals surface area contributed by atoms with Crippen molar-refractivity contribution in [2.45, 2.75) is 13.3 Å². The number of hydrogen-bond donors (Lipinski definition) is 0. The van der Waals surface area contributed by atoms with Gasteiger partial charge in [-0.1, -0.05) is 11.6 Å². The highest BCUT2D eigenvalue weighted by Crippen LogP contribution is 2.25. The molecule has 0 aliphatic carbocycles. The number of carbonyl (C=O) groups excluding carboxylic acids is 1. The molecular weight excluding hydrogens is 281 g/mol. The van der Waals surface area contributed by atoms with Crippen LogP contribution >= 0.6 is 11.6 Å². The van der Waals surface area contributed by atoms with Gasteiger partial charge in [0.2, 0.25) is 5.78 Å². The molecule has 1 aromatic carbocycles. The van der Waals surface area contributed by atoms with Crippen LogP contribution in [0.5, 0.6) is 0 Å². The summed E-state index contributed by atoms with van der Waals surface area (Å²) in [5.41, 5.74) is 0.156. The molecule has 0 aliphatic heterocycles. The predicted molar refractivity (Wildman–Crippen MR) is 63.6 cm³/mol. The minimum absolute atomic E-state index is 0.0969. The van der Waals surface area contributed by atoms with Crippen molar-refractivity contribution < 1.29 is 18.0 Å². The van der Waals surface area contributed by atoms with Crippen molar-refractivity contribution in [1.29, 1.82) is 0 Å². The maximum absolute atomic E-state index is 12.8. The van der Waals surface area contributed by atoms with Gasteiger partial charge >= 0.3 is 6.43 Å². The standard InChI is InChI=1S/C12H8ClF3N2O/c1-6-9(10(19)12(15)16)11(13)18(17-6)8-4-2-7(14)3-5-8/h2-5,12H,1H3. The van der Waals surface area contributed by atoms with E-state index in [0.29, 0.717) is 5.69 Å². The summed E-state index contributed by atoms with van der Waals surface area (Å²) in [6, 6.07) is 5.11. The molecule has 7 heteroatoms. The number of benzene rings is 1. The fourth-order valence-corrected chi connectivity index (χ4v) is 2.01. The van der Waals surface area contributed by atoms with Crippen LogP contribution in [-0.4, -0.2) is 22.0 Å². The molecule has 0 spiro atoms. The lowest BCUT2D eigenvalue weighted by Gasteiger charge is -2.03. The fraction of sp³-hybridized carbons (Fsp3) is 0.167. The smallest absolute Gasteiger partial charge is 0.288 e. The third-order valence-electron chi connectivity index (χ3n) is 2.52. The molecule has 0 N–H and O–H groups in total. The largest absolute Gasteiger partial charge is 0.300 e. The lowest BCUT2D eigenvalue weighted by molar-refractivity contribution is 0.0678. The van der Waals surface area contributed by atoms with Crippen LogP contribution in [0.2, 0.25) is 5.15 Å². The van der Waals surface area contributed by atoms with Gasteiger partial charge in [0, 0.05) is 0 Å². The quantitative estimate of drug-likeness (QED) is 0.811. The van der Waals surface area contributed by atoms with Gasteiger partial charge < -0.3 is 0 Å². The van der Waals surface area contributed by atoms with Crippen molar-refractivity contribution in [1.82, 2.24) is 9.78 Å². The number of halogens is 4. The van der Waals surface area contributed by atoms with Gasteiger partial charge in [0.05, 0.1) is 16.9 Å². The molecule has 0 unspecified atom stereocenters. The van der Waals surface area contributed by atoms with Crippen LogP contribution in [0.1, 0.15) is 16.1 Å². The summed E-state index contributed by atoms with van der Waals surface area (Å²) in [5.74, 6) is -1.83. The van der Waals surface area contributed by atoms with Gasteiger partial charge in [-0.15, -0.1) is 0 Å².